The van der Waals surface area contributed by atoms with Gasteiger partial charge in [0.25, 0.3) is 0 Å². The highest BCUT2D eigenvalue weighted by Gasteiger charge is 2.41. The fourth-order valence-electron chi connectivity index (χ4n) is 3.84. The average molecular weight is 352 g/mol. The molecule has 0 spiro atoms. The van der Waals surface area contributed by atoms with Gasteiger partial charge in [-0.05, 0) is 68.7 Å². The smallest absolute Gasteiger partial charge is 0.235 e. The lowest BCUT2D eigenvalue weighted by Gasteiger charge is -2.32. The van der Waals surface area contributed by atoms with Crippen molar-refractivity contribution in [3.63, 3.8) is 0 Å². The van der Waals surface area contributed by atoms with Crippen molar-refractivity contribution in [2.45, 2.75) is 31.6 Å². The van der Waals surface area contributed by atoms with E-state index < -0.39 is 5.41 Å². The summed E-state index contributed by atoms with van der Waals surface area (Å²) in [5.74, 6) is 0.876. The number of ether oxygens (including phenoxy) is 1. The van der Waals surface area contributed by atoms with Crippen molar-refractivity contribution in [3.05, 3.63) is 60.2 Å². The quantitative estimate of drug-likeness (QED) is 0.882. The normalized spacial score (nSPS) is 21.0. The van der Waals surface area contributed by atoms with Crippen LogP contribution in [0.2, 0.25) is 0 Å². The minimum atomic E-state index is -0.481. The predicted molar refractivity (Wildman–Crippen MR) is 106 cm³/mol. The van der Waals surface area contributed by atoms with Crippen LogP contribution in [-0.4, -0.2) is 37.6 Å². The van der Waals surface area contributed by atoms with Gasteiger partial charge in [-0.2, -0.15) is 0 Å². The van der Waals surface area contributed by atoms with E-state index in [-0.39, 0.29) is 5.91 Å². The van der Waals surface area contributed by atoms with Crippen LogP contribution in [0.1, 0.15) is 31.7 Å². The molecule has 2 aromatic carbocycles. The van der Waals surface area contributed by atoms with Gasteiger partial charge in [-0.1, -0.05) is 37.3 Å². The largest absolute Gasteiger partial charge is 0.497 e. The van der Waals surface area contributed by atoms with Crippen LogP contribution in [0, 0.1) is 0 Å². The Balaban J connectivity index is 1.88. The average Bonchev–Trinajstić information content (AvgIpc) is 2.93. The first kappa shape index (κ1) is 18.5. The standard InChI is InChI=1S/C22H28N2O2/c1-3-24-16-7-14-22(15-17-24,18-8-5-4-6-9-18)21(25)23-19-10-12-20(26-2)13-11-19/h4-6,8-13H,3,7,14-17H2,1-2H3,(H,23,25). The number of nitrogens with one attached hydrogen (secondary N) is 1. The number of nitrogens with zero attached hydrogens (tertiary/aromatic N) is 1. The van der Waals surface area contributed by atoms with E-state index in [9.17, 15) is 4.79 Å². The van der Waals surface area contributed by atoms with Gasteiger partial charge in [0.15, 0.2) is 0 Å². The fourth-order valence-corrected chi connectivity index (χ4v) is 3.84. The molecule has 1 amide bonds. The number of benzene rings is 2. The molecule has 1 N–H and O–H groups in total. The number of methoxy groups -OCH3 is 1. The van der Waals surface area contributed by atoms with Crippen molar-refractivity contribution < 1.29 is 9.53 Å². The van der Waals surface area contributed by atoms with Gasteiger partial charge in [-0.15, -0.1) is 0 Å². The van der Waals surface area contributed by atoms with Crippen molar-refractivity contribution in [1.82, 2.24) is 4.90 Å². The van der Waals surface area contributed by atoms with Gasteiger partial charge < -0.3 is 15.0 Å². The van der Waals surface area contributed by atoms with E-state index >= 15 is 0 Å². The summed E-state index contributed by atoms with van der Waals surface area (Å²) < 4.78 is 5.20. The maximum Gasteiger partial charge on any atom is 0.235 e. The number of rotatable bonds is 5. The second-order valence-corrected chi connectivity index (χ2v) is 6.92. The van der Waals surface area contributed by atoms with Crippen LogP contribution in [-0.2, 0) is 10.2 Å². The molecule has 1 fully saturated rings. The van der Waals surface area contributed by atoms with Crippen molar-refractivity contribution in [2.24, 2.45) is 0 Å². The Morgan fingerprint density at radius 2 is 1.81 bits per heavy atom. The minimum Gasteiger partial charge on any atom is -0.497 e. The van der Waals surface area contributed by atoms with E-state index in [1.807, 2.05) is 42.5 Å². The Labute approximate surface area is 156 Å². The number of hydrogen-bond acceptors (Lipinski definition) is 3. The molecule has 0 radical (unpaired) electrons. The Bertz CT molecular complexity index is 715. The van der Waals surface area contributed by atoms with Crippen LogP contribution in [0.25, 0.3) is 0 Å². The Hall–Kier alpha value is -2.33. The first-order valence-electron chi connectivity index (χ1n) is 9.41. The summed E-state index contributed by atoms with van der Waals surface area (Å²) in [4.78, 5) is 15.9. The third-order valence-electron chi connectivity index (χ3n) is 5.49. The van der Waals surface area contributed by atoms with Crippen LogP contribution in [0.4, 0.5) is 5.69 Å². The highest BCUT2D eigenvalue weighted by atomic mass is 16.5. The van der Waals surface area contributed by atoms with E-state index in [1.54, 1.807) is 7.11 Å². The van der Waals surface area contributed by atoms with Crippen LogP contribution in [0.3, 0.4) is 0 Å². The molecule has 1 aliphatic rings. The summed E-state index contributed by atoms with van der Waals surface area (Å²) in [6.07, 6.45) is 2.74. The van der Waals surface area contributed by atoms with E-state index in [1.165, 1.54) is 0 Å². The monoisotopic (exact) mass is 352 g/mol. The van der Waals surface area contributed by atoms with E-state index in [0.29, 0.717) is 0 Å². The van der Waals surface area contributed by atoms with Crippen molar-refractivity contribution in [2.75, 3.05) is 32.1 Å². The molecule has 138 valence electrons. The van der Waals surface area contributed by atoms with E-state index in [0.717, 1.165) is 55.9 Å². The molecule has 4 nitrogen and oxygen atoms in total. The second-order valence-electron chi connectivity index (χ2n) is 6.92. The molecule has 1 heterocycles. The molecule has 1 saturated heterocycles. The maximum atomic E-state index is 13.4. The number of carbonyl (C=O) groups excluding carboxylic acids is 1. The second kappa shape index (κ2) is 8.37. The number of amides is 1. The van der Waals surface area contributed by atoms with Crippen LogP contribution < -0.4 is 10.1 Å². The summed E-state index contributed by atoms with van der Waals surface area (Å²) in [7, 11) is 1.64. The van der Waals surface area contributed by atoms with Gasteiger partial charge in [0.2, 0.25) is 5.91 Å². The third kappa shape index (κ3) is 3.91. The van der Waals surface area contributed by atoms with Gasteiger partial charge in [0.05, 0.1) is 12.5 Å². The summed E-state index contributed by atoms with van der Waals surface area (Å²) in [5, 5.41) is 3.15. The van der Waals surface area contributed by atoms with Crippen molar-refractivity contribution >= 4 is 11.6 Å². The SMILES string of the molecule is CCN1CCCC(C(=O)Nc2ccc(OC)cc2)(c2ccccc2)CC1. The molecule has 4 heteroatoms. The van der Waals surface area contributed by atoms with Gasteiger partial charge in [0.1, 0.15) is 5.75 Å². The lowest BCUT2D eigenvalue weighted by molar-refractivity contribution is -0.122. The van der Waals surface area contributed by atoms with E-state index in [4.69, 9.17) is 4.74 Å². The molecule has 0 aromatic heterocycles. The zero-order valence-electron chi connectivity index (χ0n) is 15.7. The molecular formula is C22H28N2O2. The minimum absolute atomic E-state index is 0.0896. The van der Waals surface area contributed by atoms with Crippen molar-refractivity contribution in [1.29, 1.82) is 0 Å². The molecule has 3 rings (SSSR count). The summed E-state index contributed by atoms with van der Waals surface area (Å²) in [6.45, 7) is 5.22. The molecule has 1 unspecified atom stereocenters. The summed E-state index contributed by atoms with van der Waals surface area (Å²) in [5.41, 5.74) is 1.44. The fraction of sp³-hybridized carbons (Fsp3) is 0.409. The Morgan fingerprint density at radius 3 is 2.46 bits per heavy atom. The first-order chi connectivity index (χ1) is 12.7. The Morgan fingerprint density at radius 1 is 1.08 bits per heavy atom. The summed E-state index contributed by atoms with van der Waals surface area (Å²) in [6, 6.07) is 17.8. The molecule has 1 aliphatic heterocycles. The third-order valence-corrected chi connectivity index (χ3v) is 5.49. The Kier molecular flexibility index (Phi) is 5.94. The highest BCUT2D eigenvalue weighted by molar-refractivity contribution is 5.99. The van der Waals surface area contributed by atoms with Crippen LogP contribution in [0.15, 0.2) is 54.6 Å². The molecule has 26 heavy (non-hydrogen) atoms. The number of carbonyl (C=O) groups is 1. The number of hydrogen-bond donors (Lipinski definition) is 1. The number of likely N-dealkylation sites (tertiary alicyclic amines) is 1. The van der Waals surface area contributed by atoms with E-state index in [2.05, 4.69) is 29.3 Å². The maximum absolute atomic E-state index is 13.4. The molecule has 0 bridgehead atoms. The lowest BCUT2D eigenvalue weighted by atomic mass is 9.73. The van der Waals surface area contributed by atoms with Crippen LogP contribution in [0.5, 0.6) is 5.75 Å². The van der Waals surface area contributed by atoms with Crippen LogP contribution >= 0.6 is 0 Å². The highest BCUT2D eigenvalue weighted by Crippen LogP contribution is 2.37. The zero-order valence-corrected chi connectivity index (χ0v) is 15.7. The molecule has 0 aliphatic carbocycles. The predicted octanol–water partition coefficient (Wildman–Crippen LogP) is 4.08. The lowest BCUT2D eigenvalue weighted by Crippen LogP contribution is -2.41. The molecular weight excluding hydrogens is 324 g/mol. The molecule has 2 aromatic rings. The topological polar surface area (TPSA) is 41.6 Å². The van der Waals surface area contributed by atoms with Gasteiger partial charge in [-0.25, -0.2) is 0 Å². The molecule has 1 atom stereocenters. The van der Waals surface area contributed by atoms with Crippen molar-refractivity contribution in [3.8, 4) is 5.75 Å². The van der Waals surface area contributed by atoms with Gasteiger partial charge in [-0.3, -0.25) is 4.79 Å². The number of anilines is 1. The zero-order chi connectivity index (χ0) is 18.4. The molecule has 0 saturated carbocycles. The summed E-state index contributed by atoms with van der Waals surface area (Å²) >= 11 is 0. The van der Waals surface area contributed by atoms with Gasteiger partial charge in [0, 0.05) is 5.69 Å². The first-order valence-corrected chi connectivity index (χ1v) is 9.41. The van der Waals surface area contributed by atoms with Gasteiger partial charge >= 0.3 is 0 Å².